The number of hydrogen-bond acceptors (Lipinski definition) is 4. The molecule has 1 aromatic heterocycles. The predicted octanol–water partition coefficient (Wildman–Crippen LogP) is -0.426. The van der Waals surface area contributed by atoms with Gasteiger partial charge in [-0.2, -0.15) is 13.2 Å². The number of pyridine rings is 1. The van der Waals surface area contributed by atoms with Gasteiger partial charge in [-0.3, -0.25) is 10.1 Å². The molecule has 0 atom stereocenters. The van der Waals surface area contributed by atoms with Gasteiger partial charge in [0.15, 0.2) is 11.8 Å². The van der Waals surface area contributed by atoms with Crippen molar-refractivity contribution in [1.29, 1.82) is 0 Å². The molecule has 2 rings (SSSR count). The number of fused-ring (bicyclic) bond motifs is 1. The van der Waals surface area contributed by atoms with E-state index in [1.165, 1.54) is 0 Å². The fraction of sp³-hybridized carbons (Fsp3) is 0.250. The largest absolute Gasteiger partial charge is 0.710 e. The van der Waals surface area contributed by atoms with E-state index in [1.54, 1.807) is 0 Å². The highest BCUT2D eigenvalue weighted by atomic mass is 19.4. The van der Waals surface area contributed by atoms with Gasteiger partial charge in [0.05, 0.1) is 11.0 Å². The monoisotopic (exact) mass is 247 g/mol. The van der Waals surface area contributed by atoms with Crippen LogP contribution in [0.3, 0.4) is 0 Å². The van der Waals surface area contributed by atoms with Crippen molar-refractivity contribution in [2.75, 3.05) is 6.54 Å². The number of nitrogens with zero attached hydrogens (tertiary/aromatic N) is 3. The third kappa shape index (κ3) is 1.69. The van der Waals surface area contributed by atoms with Gasteiger partial charge in [-0.15, -0.1) is 0 Å². The van der Waals surface area contributed by atoms with Crippen molar-refractivity contribution < 1.29 is 22.8 Å². The maximum absolute atomic E-state index is 12.6. The first kappa shape index (κ1) is 11.3. The number of halogens is 3. The summed E-state index contributed by atoms with van der Waals surface area (Å²) in [6.07, 6.45) is -3.98. The average molecular weight is 247 g/mol. The van der Waals surface area contributed by atoms with Gasteiger partial charge in [0, 0.05) is 0 Å². The summed E-state index contributed by atoms with van der Waals surface area (Å²) in [7, 11) is 0. The Labute approximate surface area is 91.1 Å². The van der Waals surface area contributed by atoms with Crippen LogP contribution in [0, 0.1) is 15.3 Å². The van der Waals surface area contributed by atoms with Gasteiger partial charge >= 0.3 is 11.7 Å². The van der Waals surface area contributed by atoms with Crippen molar-refractivity contribution in [3.63, 3.8) is 0 Å². The van der Waals surface area contributed by atoms with E-state index >= 15 is 0 Å². The lowest BCUT2D eigenvalue weighted by molar-refractivity contribution is -0.624. The summed E-state index contributed by atoms with van der Waals surface area (Å²) < 4.78 is 37.8. The van der Waals surface area contributed by atoms with Gasteiger partial charge in [-0.05, 0) is 0 Å². The molecule has 0 saturated heterocycles. The second-order valence-electron chi connectivity index (χ2n) is 3.28. The number of hydrogen-bond donors (Lipinski definition) is 0. The van der Waals surface area contributed by atoms with Crippen LogP contribution in [-0.4, -0.2) is 17.6 Å². The third-order valence-corrected chi connectivity index (χ3v) is 2.28. The smallest absolute Gasteiger partial charge is 0.417 e. The van der Waals surface area contributed by atoms with Crippen LogP contribution in [0.15, 0.2) is 17.3 Å². The summed E-state index contributed by atoms with van der Waals surface area (Å²) in [6.45, 7) is -0.772. The quantitative estimate of drug-likeness (QED) is 0.292. The fourth-order valence-corrected chi connectivity index (χ4v) is 1.57. The van der Waals surface area contributed by atoms with E-state index in [9.17, 15) is 28.5 Å². The van der Waals surface area contributed by atoms with Crippen LogP contribution < -0.4 is 15.4 Å². The van der Waals surface area contributed by atoms with Gasteiger partial charge in [0.2, 0.25) is 0 Å². The topological polar surface area (TPSA) is 82.4 Å². The van der Waals surface area contributed by atoms with Crippen molar-refractivity contribution >= 4 is 11.3 Å². The zero-order valence-electron chi connectivity index (χ0n) is 8.06. The number of alkyl halides is 3. The molecule has 6 nitrogen and oxygen atoms in total. The van der Waals surface area contributed by atoms with Crippen LogP contribution in [0.1, 0.15) is 0 Å². The molecule has 0 spiro atoms. The lowest BCUT2D eigenvalue weighted by atomic mass is 10.2. The third-order valence-electron chi connectivity index (χ3n) is 2.28. The summed E-state index contributed by atoms with van der Waals surface area (Å²) in [5.41, 5.74) is -2.49. The SMILES string of the molecule is O=[N+]([O-])c1cc[n+]([O-])c2c1=C(C(F)(F)F)CN=2. The minimum atomic E-state index is -4.74. The first-order valence-corrected chi connectivity index (χ1v) is 4.34. The van der Waals surface area contributed by atoms with Crippen molar-refractivity contribution in [3.8, 4) is 0 Å². The van der Waals surface area contributed by atoms with E-state index in [4.69, 9.17) is 0 Å². The van der Waals surface area contributed by atoms with E-state index in [1.807, 2.05) is 0 Å². The van der Waals surface area contributed by atoms with Crippen LogP contribution in [0.5, 0.6) is 0 Å². The normalized spacial score (nSPS) is 14.4. The molecule has 9 heteroatoms. The van der Waals surface area contributed by atoms with E-state index < -0.39 is 39.6 Å². The Hall–Kier alpha value is -2.19. The van der Waals surface area contributed by atoms with Crippen LogP contribution in [0.2, 0.25) is 0 Å². The molecule has 17 heavy (non-hydrogen) atoms. The molecule has 0 fully saturated rings. The maximum Gasteiger partial charge on any atom is 0.417 e. The first-order valence-electron chi connectivity index (χ1n) is 4.34. The Kier molecular flexibility index (Phi) is 2.26. The molecule has 0 saturated carbocycles. The average Bonchev–Trinajstić information content (AvgIpc) is 2.61. The van der Waals surface area contributed by atoms with Gasteiger partial charge in [0.25, 0.3) is 5.69 Å². The highest BCUT2D eigenvalue weighted by Crippen LogP contribution is 2.27. The molecule has 2 heterocycles. The fourth-order valence-electron chi connectivity index (χ4n) is 1.57. The molecule has 90 valence electrons. The maximum atomic E-state index is 12.6. The van der Waals surface area contributed by atoms with E-state index in [2.05, 4.69) is 4.99 Å². The zero-order chi connectivity index (χ0) is 12.8. The molecular weight excluding hydrogens is 243 g/mol. The molecular formula is C8H4F3N3O3. The molecule has 0 bridgehead atoms. The van der Waals surface area contributed by atoms with Crippen LogP contribution in [0.25, 0.3) is 5.57 Å². The van der Waals surface area contributed by atoms with Gasteiger partial charge in [-0.1, -0.05) is 4.99 Å². The molecule has 0 amide bonds. The Balaban J connectivity index is 2.94. The Morgan fingerprint density at radius 2 is 2.12 bits per heavy atom. The van der Waals surface area contributed by atoms with Crippen molar-refractivity contribution in [3.05, 3.63) is 38.3 Å². The zero-order valence-corrected chi connectivity index (χ0v) is 8.06. The predicted molar refractivity (Wildman–Crippen MR) is 47.2 cm³/mol. The lowest BCUT2D eigenvalue weighted by Gasteiger charge is -2.04. The lowest BCUT2D eigenvalue weighted by Crippen LogP contribution is -2.53. The van der Waals surface area contributed by atoms with Gasteiger partial charge < -0.3 is 5.21 Å². The second kappa shape index (κ2) is 3.40. The van der Waals surface area contributed by atoms with E-state index in [0.717, 1.165) is 12.3 Å². The molecule has 0 aliphatic carbocycles. The molecule has 1 aliphatic rings. The molecule has 0 radical (unpaired) electrons. The summed E-state index contributed by atoms with van der Waals surface area (Å²) >= 11 is 0. The molecule has 0 aromatic carbocycles. The second-order valence-corrected chi connectivity index (χ2v) is 3.28. The van der Waals surface area contributed by atoms with Crippen molar-refractivity contribution in [1.82, 2.24) is 0 Å². The first-order chi connectivity index (χ1) is 7.82. The minimum absolute atomic E-state index is 0.0844. The standard InChI is InChI=1S/C8H4F3N3O3/c9-8(10,11)4-3-12-7-6(4)5(14(16)17)1-2-13(7)15/h1-2H,3H2. The Bertz CT molecular complexity index is 623. The van der Waals surface area contributed by atoms with Crippen LogP contribution >= 0.6 is 0 Å². The Morgan fingerprint density at radius 3 is 2.65 bits per heavy atom. The highest BCUT2D eigenvalue weighted by Gasteiger charge is 2.41. The summed E-state index contributed by atoms with van der Waals surface area (Å²) in [5, 5.41) is 21.1. The molecule has 0 unspecified atom stereocenters. The van der Waals surface area contributed by atoms with Gasteiger partial charge in [0.1, 0.15) is 11.8 Å². The van der Waals surface area contributed by atoms with Crippen molar-refractivity contribution in [2.45, 2.75) is 6.18 Å². The Morgan fingerprint density at radius 1 is 1.47 bits per heavy atom. The minimum Gasteiger partial charge on any atom is -0.710 e. The number of nitro groups is 1. The molecule has 1 aliphatic heterocycles. The van der Waals surface area contributed by atoms with Crippen LogP contribution in [-0.2, 0) is 0 Å². The van der Waals surface area contributed by atoms with E-state index in [0.29, 0.717) is 0 Å². The number of aromatic nitrogens is 1. The highest BCUT2D eigenvalue weighted by molar-refractivity contribution is 5.57. The summed E-state index contributed by atoms with van der Waals surface area (Å²) in [4.78, 5) is 13.0. The summed E-state index contributed by atoms with van der Waals surface area (Å²) in [6, 6.07) is 0.735. The molecule has 1 aromatic rings. The van der Waals surface area contributed by atoms with Crippen molar-refractivity contribution in [2.24, 2.45) is 4.99 Å². The summed E-state index contributed by atoms with van der Waals surface area (Å²) in [5.74, 6) is 0. The molecule has 0 N–H and O–H groups in total. The van der Waals surface area contributed by atoms with Gasteiger partial charge in [-0.25, -0.2) is 4.73 Å². The van der Waals surface area contributed by atoms with E-state index in [-0.39, 0.29) is 4.73 Å². The van der Waals surface area contributed by atoms with Crippen LogP contribution in [0.4, 0.5) is 18.9 Å². The number of rotatable bonds is 1.